The van der Waals surface area contributed by atoms with Gasteiger partial charge in [-0.25, -0.2) is 0 Å². The summed E-state index contributed by atoms with van der Waals surface area (Å²) in [7, 11) is 1.58. The Balaban J connectivity index is 3.02. The third kappa shape index (κ3) is 3.40. The van der Waals surface area contributed by atoms with Crippen molar-refractivity contribution in [3.63, 3.8) is 0 Å². The number of carbonyl (C=O) groups excluding carboxylic acids is 1. The van der Waals surface area contributed by atoms with Crippen LogP contribution in [-0.4, -0.2) is 26.1 Å². The first kappa shape index (κ1) is 15.8. The highest BCUT2D eigenvalue weighted by atomic mass is 16.5. The van der Waals surface area contributed by atoms with E-state index in [1.807, 2.05) is 6.92 Å². The van der Waals surface area contributed by atoms with Gasteiger partial charge in [0.15, 0.2) is 0 Å². The predicted octanol–water partition coefficient (Wildman–Crippen LogP) is 1.69. The Morgan fingerprint density at radius 3 is 2.60 bits per heavy atom. The van der Waals surface area contributed by atoms with Gasteiger partial charge >= 0.3 is 0 Å². The molecule has 0 fully saturated rings. The normalized spacial score (nSPS) is 13.1. The molecule has 1 atom stereocenters. The molecule has 0 aliphatic rings. The van der Waals surface area contributed by atoms with Crippen LogP contribution in [-0.2, 0) is 10.3 Å². The summed E-state index contributed by atoms with van der Waals surface area (Å²) in [5, 5.41) is 6.53. The number of carbonyl (C=O) groups is 1. The van der Waals surface area contributed by atoms with Crippen LogP contribution >= 0.6 is 0 Å². The van der Waals surface area contributed by atoms with Crippen molar-refractivity contribution in [3.8, 4) is 5.75 Å². The van der Waals surface area contributed by atoms with Gasteiger partial charge in [-0.2, -0.15) is 0 Å². The Morgan fingerprint density at radius 1 is 1.50 bits per heavy atom. The van der Waals surface area contributed by atoms with Crippen LogP contribution in [0.3, 0.4) is 0 Å². The average Bonchev–Trinajstić information content (AvgIpc) is 2.48. The molecule has 0 radical (unpaired) electrons. The highest BCUT2D eigenvalue weighted by Gasteiger charge is 2.35. The van der Waals surface area contributed by atoms with Crippen LogP contribution in [0.1, 0.15) is 18.9 Å². The SMILES string of the molecule is CCC(NCCN=[N+]=[N-])(C(N)=O)c1ccc(OC)cc1. The highest BCUT2D eigenvalue weighted by molar-refractivity contribution is 5.86. The lowest BCUT2D eigenvalue weighted by Crippen LogP contribution is -2.53. The van der Waals surface area contributed by atoms with Gasteiger partial charge in [0.2, 0.25) is 5.91 Å². The maximum absolute atomic E-state index is 11.9. The van der Waals surface area contributed by atoms with Gasteiger partial charge in [0.25, 0.3) is 0 Å². The molecule has 1 unspecified atom stereocenters. The Labute approximate surface area is 117 Å². The summed E-state index contributed by atoms with van der Waals surface area (Å²) in [5.41, 5.74) is 13.6. The van der Waals surface area contributed by atoms with Crippen LogP contribution in [0.25, 0.3) is 10.4 Å². The van der Waals surface area contributed by atoms with Gasteiger partial charge in [0.1, 0.15) is 11.3 Å². The fraction of sp³-hybridized carbons (Fsp3) is 0.462. The fourth-order valence-corrected chi connectivity index (χ4v) is 2.07. The van der Waals surface area contributed by atoms with E-state index in [1.165, 1.54) is 0 Å². The zero-order chi connectivity index (χ0) is 15.0. The van der Waals surface area contributed by atoms with Crippen molar-refractivity contribution in [1.82, 2.24) is 5.32 Å². The fourth-order valence-electron chi connectivity index (χ4n) is 2.07. The number of hydrogen-bond acceptors (Lipinski definition) is 4. The molecule has 108 valence electrons. The minimum Gasteiger partial charge on any atom is -0.497 e. The molecular weight excluding hydrogens is 258 g/mol. The first-order valence-electron chi connectivity index (χ1n) is 6.31. The summed E-state index contributed by atoms with van der Waals surface area (Å²) < 4.78 is 5.10. The first-order chi connectivity index (χ1) is 9.60. The van der Waals surface area contributed by atoms with E-state index < -0.39 is 11.4 Å². The smallest absolute Gasteiger partial charge is 0.242 e. The summed E-state index contributed by atoms with van der Waals surface area (Å²) in [5.74, 6) is 0.239. The number of ether oxygens (including phenoxy) is 1. The molecule has 7 heteroatoms. The zero-order valence-electron chi connectivity index (χ0n) is 11.7. The van der Waals surface area contributed by atoms with Crippen molar-refractivity contribution in [2.24, 2.45) is 10.8 Å². The van der Waals surface area contributed by atoms with E-state index in [0.717, 1.165) is 5.56 Å². The number of primary amides is 1. The molecule has 20 heavy (non-hydrogen) atoms. The van der Waals surface area contributed by atoms with E-state index >= 15 is 0 Å². The minimum atomic E-state index is -0.975. The Bertz CT molecular complexity index is 496. The van der Waals surface area contributed by atoms with Gasteiger partial charge in [-0.1, -0.05) is 24.2 Å². The molecule has 1 aromatic rings. The van der Waals surface area contributed by atoms with Crippen molar-refractivity contribution in [1.29, 1.82) is 0 Å². The Hall–Kier alpha value is -2.24. The van der Waals surface area contributed by atoms with Crippen molar-refractivity contribution in [3.05, 3.63) is 40.3 Å². The molecule has 1 amide bonds. The molecule has 0 heterocycles. The highest BCUT2D eigenvalue weighted by Crippen LogP contribution is 2.26. The average molecular weight is 277 g/mol. The molecule has 1 aromatic carbocycles. The second kappa shape index (κ2) is 7.37. The first-order valence-corrected chi connectivity index (χ1v) is 6.31. The standard InChI is InChI=1S/C13H19N5O2/c1-3-13(12(14)19,16-8-9-17-18-15)10-4-6-11(20-2)7-5-10/h4-7,16H,3,8-9H2,1-2H3,(H2,14,19). The van der Waals surface area contributed by atoms with Crippen molar-refractivity contribution in [2.75, 3.05) is 20.2 Å². The van der Waals surface area contributed by atoms with Crippen LogP contribution in [0.4, 0.5) is 0 Å². The minimum absolute atomic E-state index is 0.252. The topological polar surface area (TPSA) is 113 Å². The number of nitrogens with one attached hydrogen (secondary N) is 1. The van der Waals surface area contributed by atoms with Crippen molar-refractivity contribution < 1.29 is 9.53 Å². The summed E-state index contributed by atoms with van der Waals surface area (Å²) in [6.45, 7) is 2.49. The molecule has 0 saturated heterocycles. The van der Waals surface area contributed by atoms with Crippen LogP contribution in [0.2, 0.25) is 0 Å². The molecule has 1 rings (SSSR count). The molecule has 0 aromatic heterocycles. The lowest BCUT2D eigenvalue weighted by Gasteiger charge is -2.31. The maximum Gasteiger partial charge on any atom is 0.242 e. The number of rotatable bonds is 8. The number of nitrogens with zero attached hydrogens (tertiary/aromatic N) is 3. The molecular formula is C13H19N5O2. The monoisotopic (exact) mass is 277 g/mol. The second-order valence-electron chi connectivity index (χ2n) is 4.23. The van der Waals surface area contributed by atoms with Crippen LogP contribution in [0.5, 0.6) is 5.75 Å². The molecule has 7 nitrogen and oxygen atoms in total. The molecule has 0 bridgehead atoms. The van der Waals surface area contributed by atoms with Crippen LogP contribution in [0, 0.1) is 0 Å². The second-order valence-corrected chi connectivity index (χ2v) is 4.23. The number of nitrogens with two attached hydrogens (primary N) is 1. The van der Waals surface area contributed by atoms with Gasteiger partial charge in [0.05, 0.1) is 7.11 Å². The van der Waals surface area contributed by atoms with Crippen molar-refractivity contribution >= 4 is 5.91 Å². The molecule has 0 aliphatic carbocycles. The summed E-state index contributed by atoms with van der Waals surface area (Å²) in [4.78, 5) is 14.6. The molecule has 3 N–H and O–H groups in total. The number of benzene rings is 1. The van der Waals surface area contributed by atoms with Crippen LogP contribution in [0.15, 0.2) is 29.4 Å². The number of methoxy groups -OCH3 is 1. The van der Waals surface area contributed by atoms with Crippen LogP contribution < -0.4 is 15.8 Å². The Kier molecular flexibility index (Phi) is 5.83. The number of hydrogen-bond donors (Lipinski definition) is 2. The van der Waals surface area contributed by atoms with Gasteiger partial charge in [-0.3, -0.25) is 10.1 Å². The van der Waals surface area contributed by atoms with Gasteiger partial charge < -0.3 is 10.5 Å². The zero-order valence-corrected chi connectivity index (χ0v) is 11.7. The van der Waals surface area contributed by atoms with E-state index in [2.05, 4.69) is 15.3 Å². The van der Waals surface area contributed by atoms with E-state index in [9.17, 15) is 4.79 Å². The summed E-state index contributed by atoms with van der Waals surface area (Å²) >= 11 is 0. The maximum atomic E-state index is 11.9. The van der Waals surface area contributed by atoms with Gasteiger partial charge in [0, 0.05) is 18.0 Å². The van der Waals surface area contributed by atoms with E-state index in [4.69, 9.17) is 16.0 Å². The third-order valence-corrected chi connectivity index (χ3v) is 3.24. The molecule has 0 spiro atoms. The Morgan fingerprint density at radius 2 is 2.15 bits per heavy atom. The van der Waals surface area contributed by atoms with E-state index in [1.54, 1.807) is 31.4 Å². The summed E-state index contributed by atoms with van der Waals surface area (Å²) in [6.07, 6.45) is 0.491. The van der Waals surface area contributed by atoms with E-state index in [-0.39, 0.29) is 6.54 Å². The summed E-state index contributed by atoms with van der Waals surface area (Å²) in [6, 6.07) is 7.15. The lowest BCUT2D eigenvalue weighted by atomic mass is 9.86. The number of amides is 1. The van der Waals surface area contributed by atoms with Crippen molar-refractivity contribution in [2.45, 2.75) is 18.9 Å². The molecule has 0 aliphatic heterocycles. The largest absolute Gasteiger partial charge is 0.497 e. The number of azide groups is 1. The quantitative estimate of drug-likeness (QED) is 0.326. The molecule has 0 saturated carbocycles. The lowest BCUT2D eigenvalue weighted by molar-refractivity contribution is -0.125. The van der Waals surface area contributed by atoms with Gasteiger partial charge in [-0.15, -0.1) is 0 Å². The van der Waals surface area contributed by atoms with Gasteiger partial charge in [-0.05, 0) is 29.6 Å². The van der Waals surface area contributed by atoms with E-state index in [0.29, 0.717) is 18.7 Å². The predicted molar refractivity (Wildman–Crippen MR) is 76.2 cm³/mol. The third-order valence-electron chi connectivity index (χ3n) is 3.24.